The van der Waals surface area contributed by atoms with Crippen molar-refractivity contribution in [1.29, 1.82) is 0 Å². The molecule has 0 saturated carbocycles. The number of hydrazone groups is 1. The topological polar surface area (TPSA) is 91.7 Å². The van der Waals surface area contributed by atoms with Gasteiger partial charge in [0.25, 0.3) is 0 Å². The molecule has 2 N–H and O–H groups in total. The van der Waals surface area contributed by atoms with E-state index in [1.807, 2.05) is 31.2 Å². The van der Waals surface area contributed by atoms with Gasteiger partial charge in [0, 0.05) is 38.8 Å². The predicted octanol–water partition coefficient (Wildman–Crippen LogP) is 2.09. The number of hydrogen-bond acceptors (Lipinski definition) is 9. The molecule has 0 unspecified atom stereocenters. The van der Waals surface area contributed by atoms with Crippen LogP contribution in [0.25, 0.3) is 0 Å². The number of nitrogens with zero attached hydrogens (tertiary/aromatic N) is 4. The Morgan fingerprint density at radius 2 is 1.88 bits per heavy atom. The Labute approximate surface area is 188 Å². The van der Waals surface area contributed by atoms with Gasteiger partial charge >= 0.3 is 0 Å². The minimum absolute atomic E-state index is 0.0498. The van der Waals surface area contributed by atoms with Crippen molar-refractivity contribution >= 4 is 17.7 Å². The molecule has 0 radical (unpaired) electrons. The fraction of sp³-hybridized carbons (Fsp3) is 0.478. The third kappa shape index (κ3) is 6.09. The van der Waals surface area contributed by atoms with E-state index in [0.717, 1.165) is 44.0 Å². The number of rotatable bonds is 8. The van der Waals surface area contributed by atoms with Crippen molar-refractivity contribution in [3.05, 3.63) is 41.5 Å². The Kier molecular flexibility index (Phi) is 7.76. The Hall–Kier alpha value is -2.88. The molecule has 2 fully saturated rings. The molecule has 1 aromatic heterocycles. The average molecular weight is 442 g/mol. The normalized spacial score (nSPS) is 17.6. The van der Waals surface area contributed by atoms with Gasteiger partial charge in [0.15, 0.2) is 11.6 Å². The summed E-state index contributed by atoms with van der Waals surface area (Å²) in [5.41, 5.74) is 5.66. The number of aromatic hydroxyl groups is 1. The summed E-state index contributed by atoms with van der Waals surface area (Å²) in [5, 5.41) is 15.2. The number of ether oxygens (including phenoxy) is 3. The van der Waals surface area contributed by atoms with Crippen LogP contribution in [0.1, 0.15) is 11.1 Å². The molecule has 2 aromatic rings. The molecule has 0 amide bonds. The SMILES string of the molecule is Cc1cccc(/C=N/Nc2nc(OCCN3CCOCC3)cc(N3CCOCC3)c2O)c1. The summed E-state index contributed by atoms with van der Waals surface area (Å²) >= 11 is 0. The zero-order chi connectivity index (χ0) is 22.2. The largest absolute Gasteiger partial charge is 0.503 e. The van der Waals surface area contributed by atoms with Crippen molar-refractivity contribution < 1.29 is 19.3 Å². The molecule has 9 heteroatoms. The van der Waals surface area contributed by atoms with Gasteiger partial charge in [-0.1, -0.05) is 29.8 Å². The zero-order valence-corrected chi connectivity index (χ0v) is 18.5. The quantitative estimate of drug-likeness (QED) is 0.475. The molecule has 4 rings (SSSR count). The van der Waals surface area contributed by atoms with Crippen LogP contribution in [0.4, 0.5) is 11.5 Å². The van der Waals surface area contributed by atoms with Crippen molar-refractivity contribution in [1.82, 2.24) is 9.88 Å². The molecule has 0 bridgehead atoms. The fourth-order valence-corrected chi connectivity index (χ4v) is 3.72. The lowest BCUT2D eigenvalue weighted by molar-refractivity contribution is 0.0320. The van der Waals surface area contributed by atoms with E-state index in [2.05, 4.69) is 25.3 Å². The fourth-order valence-electron chi connectivity index (χ4n) is 3.72. The number of morpholine rings is 2. The molecule has 2 aliphatic heterocycles. The molecule has 0 atom stereocenters. The molecule has 0 spiro atoms. The first-order chi connectivity index (χ1) is 15.7. The summed E-state index contributed by atoms with van der Waals surface area (Å²) in [6.45, 7) is 9.28. The third-order valence-electron chi connectivity index (χ3n) is 5.49. The van der Waals surface area contributed by atoms with Gasteiger partial charge in [-0.05, 0) is 12.5 Å². The van der Waals surface area contributed by atoms with E-state index >= 15 is 0 Å². The van der Waals surface area contributed by atoms with E-state index in [1.165, 1.54) is 0 Å². The monoisotopic (exact) mass is 441 g/mol. The van der Waals surface area contributed by atoms with Crippen molar-refractivity contribution in [2.24, 2.45) is 5.10 Å². The molecule has 2 aliphatic rings. The molecule has 2 saturated heterocycles. The zero-order valence-electron chi connectivity index (χ0n) is 18.5. The van der Waals surface area contributed by atoms with Gasteiger partial charge in [-0.15, -0.1) is 0 Å². The highest BCUT2D eigenvalue weighted by Crippen LogP contribution is 2.37. The smallest absolute Gasteiger partial charge is 0.217 e. The maximum absolute atomic E-state index is 10.9. The lowest BCUT2D eigenvalue weighted by atomic mass is 10.2. The van der Waals surface area contributed by atoms with Crippen LogP contribution in [-0.4, -0.2) is 87.0 Å². The maximum Gasteiger partial charge on any atom is 0.217 e. The highest BCUT2D eigenvalue weighted by molar-refractivity contribution is 5.81. The highest BCUT2D eigenvalue weighted by atomic mass is 16.5. The molecular formula is C23H31N5O4. The van der Waals surface area contributed by atoms with Crippen LogP contribution in [0.3, 0.4) is 0 Å². The first-order valence-corrected chi connectivity index (χ1v) is 11.0. The Morgan fingerprint density at radius 3 is 2.62 bits per heavy atom. The summed E-state index contributed by atoms with van der Waals surface area (Å²) in [6.07, 6.45) is 1.70. The van der Waals surface area contributed by atoms with Gasteiger partial charge in [0.2, 0.25) is 5.88 Å². The van der Waals surface area contributed by atoms with Crippen LogP contribution >= 0.6 is 0 Å². The van der Waals surface area contributed by atoms with Crippen LogP contribution in [0.2, 0.25) is 0 Å². The van der Waals surface area contributed by atoms with Crippen molar-refractivity contribution in [2.45, 2.75) is 6.92 Å². The van der Waals surface area contributed by atoms with Crippen molar-refractivity contribution in [3.63, 3.8) is 0 Å². The molecule has 172 valence electrons. The van der Waals surface area contributed by atoms with Crippen LogP contribution < -0.4 is 15.1 Å². The van der Waals surface area contributed by atoms with Gasteiger partial charge in [0.1, 0.15) is 6.61 Å². The van der Waals surface area contributed by atoms with Gasteiger partial charge in [-0.2, -0.15) is 10.1 Å². The second kappa shape index (κ2) is 11.1. The third-order valence-corrected chi connectivity index (χ3v) is 5.49. The number of aryl methyl sites for hydroxylation is 1. The van der Waals surface area contributed by atoms with Crippen LogP contribution in [0.5, 0.6) is 11.6 Å². The molecule has 3 heterocycles. The molecule has 0 aliphatic carbocycles. The summed E-state index contributed by atoms with van der Waals surface area (Å²) in [5.74, 6) is 0.763. The lowest BCUT2D eigenvalue weighted by Gasteiger charge is -2.30. The standard InChI is InChI=1S/C23H31N5O4/c1-18-3-2-4-19(15-18)17-24-26-23-22(29)20(28-8-12-31-13-9-28)16-21(25-23)32-14-7-27-5-10-30-11-6-27/h2-4,15-17,29H,5-14H2,1H3,(H,25,26)/b24-17+. The van der Waals surface area contributed by atoms with E-state index in [9.17, 15) is 5.11 Å². The average Bonchev–Trinajstić information content (AvgIpc) is 2.82. The maximum atomic E-state index is 10.9. The van der Waals surface area contributed by atoms with Gasteiger partial charge in [-0.3, -0.25) is 10.3 Å². The summed E-state index contributed by atoms with van der Waals surface area (Å²) in [7, 11) is 0. The molecule has 9 nitrogen and oxygen atoms in total. The second-order valence-electron chi connectivity index (χ2n) is 7.86. The number of pyridine rings is 1. The molecule has 1 aromatic carbocycles. The second-order valence-corrected chi connectivity index (χ2v) is 7.86. The highest BCUT2D eigenvalue weighted by Gasteiger charge is 2.20. The Morgan fingerprint density at radius 1 is 1.12 bits per heavy atom. The first kappa shape index (κ1) is 22.3. The Balaban J connectivity index is 1.48. The minimum atomic E-state index is 0.0498. The van der Waals surface area contributed by atoms with Crippen LogP contribution in [-0.2, 0) is 9.47 Å². The summed E-state index contributed by atoms with van der Waals surface area (Å²) < 4.78 is 16.8. The Bertz CT molecular complexity index is 911. The minimum Gasteiger partial charge on any atom is -0.503 e. The van der Waals surface area contributed by atoms with Crippen LogP contribution in [0.15, 0.2) is 35.4 Å². The lowest BCUT2D eigenvalue weighted by Crippen LogP contribution is -2.38. The van der Waals surface area contributed by atoms with E-state index < -0.39 is 0 Å². The number of aromatic nitrogens is 1. The van der Waals surface area contributed by atoms with Gasteiger partial charge in [-0.25, -0.2) is 0 Å². The van der Waals surface area contributed by atoms with Crippen molar-refractivity contribution in [2.75, 3.05) is 76.1 Å². The van der Waals surface area contributed by atoms with Crippen molar-refractivity contribution in [3.8, 4) is 11.6 Å². The van der Waals surface area contributed by atoms with E-state index in [1.54, 1.807) is 12.3 Å². The summed E-state index contributed by atoms with van der Waals surface area (Å²) in [6, 6.07) is 9.80. The van der Waals surface area contributed by atoms with E-state index in [0.29, 0.717) is 44.5 Å². The molecular weight excluding hydrogens is 410 g/mol. The molecule has 32 heavy (non-hydrogen) atoms. The number of nitrogens with one attached hydrogen (secondary N) is 1. The summed E-state index contributed by atoms with van der Waals surface area (Å²) in [4.78, 5) is 8.84. The predicted molar refractivity (Wildman–Crippen MR) is 124 cm³/mol. The van der Waals surface area contributed by atoms with Gasteiger partial charge < -0.3 is 24.2 Å². The number of hydrogen-bond donors (Lipinski definition) is 2. The number of anilines is 2. The first-order valence-electron chi connectivity index (χ1n) is 11.0. The van der Waals surface area contributed by atoms with E-state index in [-0.39, 0.29) is 11.6 Å². The van der Waals surface area contributed by atoms with Gasteiger partial charge in [0.05, 0.1) is 38.3 Å². The number of benzene rings is 1. The van der Waals surface area contributed by atoms with E-state index in [4.69, 9.17) is 14.2 Å². The van der Waals surface area contributed by atoms with Crippen LogP contribution in [0, 0.1) is 6.92 Å².